The minimum absolute atomic E-state index is 0.179. The van der Waals surface area contributed by atoms with Crippen LogP contribution in [0.5, 0.6) is 0 Å². The number of aliphatic hydroxyl groups excluding tert-OH is 1. The zero-order chi connectivity index (χ0) is 29.5. The second kappa shape index (κ2) is 11.1. The van der Waals surface area contributed by atoms with Crippen LogP contribution in [0.15, 0.2) is 61.2 Å². The van der Waals surface area contributed by atoms with Crippen molar-refractivity contribution in [1.29, 1.82) is 0 Å². The number of fused-ring (bicyclic) bond motifs is 1. The average molecular weight is 561 g/mol. The molecule has 0 saturated carbocycles. The van der Waals surface area contributed by atoms with E-state index in [0.29, 0.717) is 24.8 Å². The van der Waals surface area contributed by atoms with Crippen molar-refractivity contribution >= 4 is 23.5 Å². The Morgan fingerprint density at radius 1 is 1.20 bits per heavy atom. The number of hydrogen-bond acceptors (Lipinski definition) is 6. The number of amides is 2. The Morgan fingerprint density at radius 3 is 2.56 bits per heavy atom. The summed E-state index contributed by atoms with van der Waals surface area (Å²) in [7, 11) is 0. The number of rotatable bonds is 10. The van der Waals surface area contributed by atoms with Gasteiger partial charge in [0.05, 0.1) is 30.8 Å². The van der Waals surface area contributed by atoms with Crippen LogP contribution in [-0.4, -0.2) is 64.8 Å². The van der Waals surface area contributed by atoms with E-state index >= 15 is 0 Å². The Labute approximate surface area is 241 Å². The molecule has 2 bridgehead atoms. The molecule has 0 aromatic heterocycles. The molecular formula is C33H40N2O6. The van der Waals surface area contributed by atoms with E-state index in [-0.39, 0.29) is 25.0 Å². The molecular weight excluding hydrogens is 520 g/mol. The van der Waals surface area contributed by atoms with Crippen LogP contribution in [0, 0.1) is 25.7 Å². The lowest BCUT2D eigenvalue weighted by Gasteiger charge is -2.40. The molecule has 6 atom stereocenters. The van der Waals surface area contributed by atoms with Gasteiger partial charge in [-0.15, -0.1) is 6.58 Å². The zero-order valence-corrected chi connectivity index (χ0v) is 24.3. The monoisotopic (exact) mass is 560 g/mol. The van der Waals surface area contributed by atoms with Crippen molar-refractivity contribution in [3.8, 4) is 0 Å². The number of esters is 1. The molecule has 2 unspecified atom stereocenters. The fourth-order valence-corrected chi connectivity index (χ4v) is 7.49. The van der Waals surface area contributed by atoms with Gasteiger partial charge in [-0.1, -0.05) is 55.5 Å². The van der Waals surface area contributed by atoms with E-state index in [4.69, 9.17) is 9.47 Å². The first-order valence-electron chi connectivity index (χ1n) is 14.5. The zero-order valence-electron chi connectivity index (χ0n) is 24.3. The van der Waals surface area contributed by atoms with E-state index in [0.717, 1.165) is 16.8 Å². The van der Waals surface area contributed by atoms with E-state index in [1.54, 1.807) is 17.9 Å². The Hall–Kier alpha value is -3.49. The Bertz CT molecular complexity index is 1340. The molecule has 3 aliphatic rings. The first-order chi connectivity index (χ1) is 19.7. The summed E-state index contributed by atoms with van der Waals surface area (Å²) >= 11 is 0. The summed E-state index contributed by atoms with van der Waals surface area (Å²) in [5, 5.41) is 10.7. The fraction of sp³-hybridized carbons (Fsp3) is 0.485. The van der Waals surface area contributed by atoms with Gasteiger partial charge in [-0.05, 0) is 62.8 Å². The topological polar surface area (TPSA) is 96.4 Å². The molecule has 3 aliphatic heterocycles. The van der Waals surface area contributed by atoms with Gasteiger partial charge < -0.3 is 24.4 Å². The maximum Gasteiger partial charge on any atom is 0.312 e. The number of aryl methyl sites for hydroxylation is 2. The van der Waals surface area contributed by atoms with Crippen LogP contribution >= 0.6 is 0 Å². The third-order valence-corrected chi connectivity index (χ3v) is 9.32. The molecule has 2 amide bonds. The smallest absolute Gasteiger partial charge is 0.312 e. The molecule has 0 radical (unpaired) electrons. The van der Waals surface area contributed by atoms with E-state index < -0.39 is 47.7 Å². The van der Waals surface area contributed by atoms with Crippen molar-refractivity contribution in [3.63, 3.8) is 0 Å². The van der Waals surface area contributed by atoms with Crippen LogP contribution in [0.1, 0.15) is 55.8 Å². The Kier molecular flexibility index (Phi) is 7.83. The number of carbonyl (C=O) groups excluding carboxylic acids is 3. The molecule has 5 rings (SSSR count). The molecule has 2 aromatic carbocycles. The molecule has 1 spiro atoms. The quantitative estimate of drug-likeness (QED) is 0.344. The van der Waals surface area contributed by atoms with E-state index in [1.165, 1.54) is 4.90 Å². The Balaban J connectivity index is 1.70. The summed E-state index contributed by atoms with van der Waals surface area (Å²) < 4.78 is 12.4. The van der Waals surface area contributed by atoms with Gasteiger partial charge in [0.15, 0.2) is 0 Å². The normalized spacial score (nSPS) is 28.9. The number of carbonyl (C=O) groups is 3. The number of likely N-dealkylation sites (tertiary alicyclic amines) is 1. The van der Waals surface area contributed by atoms with Crippen LogP contribution in [0.2, 0.25) is 0 Å². The maximum absolute atomic E-state index is 14.9. The highest BCUT2D eigenvalue weighted by Gasteiger charge is 2.79. The predicted molar refractivity (Wildman–Crippen MR) is 155 cm³/mol. The lowest BCUT2D eigenvalue weighted by molar-refractivity contribution is -0.161. The van der Waals surface area contributed by atoms with Crippen LogP contribution in [0.25, 0.3) is 0 Å². The summed E-state index contributed by atoms with van der Waals surface area (Å²) in [6.07, 6.45) is 3.16. The first kappa shape index (κ1) is 29.0. The minimum Gasteiger partial charge on any atom is -0.466 e. The second-order valence-electron chi connectivity index (χ2n) is 11.5. The molecule has 3 heterocycles. The lowest BCUT2D eigenvalue weighted by Crippen LogP contribution is -2.57. The maximum atomic E-state index is 14.9. The number of hydrogen-bond donors (Lipinski definition) is 1. The van der Waals surface area contributed by atoms with Crippen LogP contribution in [0.3, 0.4) is 0 Å². The third-order valence-electron chi connectivity index (χ3n) is 9.32. The van der Waals surface area contributed by atoms with Crippen molar-refractivity contribution in [2.75, 3.05) is 24.7 Å². The molecule has 3 saturated heterocycles. The minimum atomic E-state index is -1.24. The van der Waals surface area contributed by atoms with Gasteiger partial charge in [0.2, 0.25) is 5.91 Å². The largest absolute Gasteiger partial charge is 0.466 e. The highest BCUT2D eigenvalue weighted by Crippen LogP contribution is 2.65. The van der Waals surface area contributed by atoms with Crippen molar-refractivity contribution in [1.82, 2.24) is 4.90 Å². The molecule has 218 valence electrons. The van der Waals surface area contributed by atoms with Crippen molar-refractivity contribution < 1.29 is 29.0 Å². The van der Waals surface area contributed by atoms with Crippen molar-refractivity contribution in [3.05, 3.63) is 77.9 Å². The number of anilines is 1. The van der Waals surface area contributed by atoms with E-state index in [1.807, 2.05) is 69.3 Å². The predicted octanol–water partition coefficient (Wildman–Crippen LogP) is 4.27. The number of ether oxygens (including phenoxy) is 2. The average Bonchev–Trinajstić information content (AvgIpc) is 3.58. The highest BCUT2D eigenvalue weighted by molar-refractivity contribution is 6.05. The van der Waals surface area contributed by atoms with Gasteiger partial charge in [0.25, 0.3) is 5.91 Å². The molecule has 8 heteroatoms. The second-order valence-corrected chi connectivity index (χ2v) is 11.5. The lowest BCUT2D eigenvalue weighted by atomic mass is 9.65. The summed E-state index contributed by atoms with van der Waals surface area (Å²) in [6, 6.07) is 13.2. The Morgan fingerprint density at radius 2 is 1.93 bits per heavy atom. The van der Waals surface area contributed by atoms with E-state index in [2.05, 4.69) is 6.58 Å². The van der Waals surface area contributed by atoms with Crippen LogP contribution in [-0.2, 0) is 23.9 Å². The molecule has 0 aliphatic carbocycles. The molecule has 2 aromatic rings. The van der Waals surface area contributed by atoms with Gasteiger partial charge in [0.1, 0.15) is 17.6 Å². The van der Waals surface area contributed by atoms with Gasteiger partial charge in [-0.3, -0.25) is 14.4 Å². The van der Waals surface area contributed by atoms with Gasteiger partial charge >= 0.3 is 5.97 Å². The summed E-state index contributed by atoms with van der Waals surface area (Å²) in [4.78, 5) is 46.2. The molecule has 41 heavy (non-hydrogen) atoms. The highest BCUT2D eigenvalue weighted by atomic mass is 16.6. The summed E-state index contributed by atoms with van der Waals surface area (Å²) in [5.41, 5.74) is 1.20. The van der Waals surface area contributed by atoms with Crippen LogP contribution in [0.4, 0.5) is 5.69 Å². The van der Waals surface area contributed by atoms with Gasteiger partial charge in [-0.25, -0.2) is 0 Å². The van der Waals surface area contributed by atoms with Crippen LogP contribution < -0.4 is 4.90 Å². The number of aliphatic hydroxyl groups is 1. The SMILES string of the molecule is C=CCN(C(=O)C1N([C@H](CO)c2ccccc2)C(=O)[C@@H]2[C@@H](C(=O)OCC)[C@@]3(CC)CCC12O3)c1cc(C)ccc1C. The summed E-state index contributed by atoms with van der Waals surface area (Å²) in [5.74, 6) is -2.89. The third kappa shape index (κ3) is 4.39. The van der Waals surface area contributed by atoms with Gasteiger partial charge in [0, 0.05) is 12.2 Å². The fourth-order valence-electron chi connectivity index (χ4n) is 7.49. The standard InChI is InChI=1S/C33H40N2O6/c1-6-18-34(24-19-21(4)14-15-22(24)5)30(38)28-33-17-16-32(7-2,41-33)27(31(39)40-8-3)26(33)29(37)35(28)25(20-36)23-12-10-9-11-13-23/h6,9-15,19,25-28,36H,1,7-8,16-18,20H2,2-5H3/t25-,26+,27+,28?,32-,33?/m1/s1. The first-order valence-corrected chi connectivity index (χ1v) is 14.5. The molecule has 3 fully saturated rings. The molecule has 8 nitrogen and oxygen atoms in total. The van der Waals surface area contributed by atoms with Gasteiger partial charge in [-0.2, -0.15) is 0 Å². The van der Waals surface area contributed by atoms with Crippen molar-refractivity contribution in [2.24, 2.45) is 11.8 Å². The summed E-state index contributed by atoms with van der Waals surface area (Å²) in [6.45, 7) is 11.5. The number of nitrogens with zero attached hydrogens (tertiary/aromatic N) is 2. The van der Waals surface area contributed by atoms with E-state index in [9.17, 15) is 19.5 Å². The van der Waals surface area contributed by atoms with Crippen molar-refractivity contribution in [2.45, 2.75) is 70.2 Å². The number of benzene rings is 2. The molecule has 1 N–H and O–H groups in total.